The van der Waals surface area contributed by atoms with Gasteiger partial charge >= 0.3 is 0 Å². The minimum Gasteiger partial charge on any atom is -0.493 e. The summed E-state index contributed by atoms with van der Waals surface area (Å²) in [6.07, 6.45) is 5.08. The van der Waals surface area contributed by atoms with Crippen LogP contribution in [0.5, 0.6) is 5.75 Å². The molecule has 42 heavy (non-hydrogen) atoms. The molecule has 1 amide bonds. The van der Waals surface area contributed by atoms with E-state index in [1.165, 1.54) is 6.07 Å². The highest BCUT2D eigenvalue weighted by Crippen LogP contribution is 2.26. The molecule has 12 heteroatoms. The van der Waals surface area contributed by atoms with Crippen LogP contribution in [0.3, 0.4) is 0 Å². The fourth-order valence-electron chi connectivity index (χ4n) is 5.60. The molecule has 3 heterocycles. The second kappa shape index (κ2) is 15.8. The van der Waals surface area contributed by atoms with E-state index in [-0.39, 0.29) is 18.2 Å². The lowest BCUT2D eigenvalue weighted by Gasteiger charge is -2.39. The van der Waals surface area contributed by atoms with Gasteiger partial charge in [0.05, 0.1) is 43.2 Å². The zero-order valence-corrected chi connectivity index (χ0v) is 24.6. The number of ether oxygens (including phenoxy) is 1. The quantitative estimate of drug-likeness (QED) is 0.225. The number of likely N-dealkylation sites (tertiary alicyclic amines) is 1. The van der Waals surface area contributed by atoms with Crippen LogP contribution in [-0.2, 0) is 11.2 Å². The van der Waals surface area contributed by atoms with Crippen molar-refractivity contribution >= 4 is 23.5 Å². The average Bonchev–Trinajstić information content (AvgIpc) is 2.97. The number of carbonyl (C=O) groups is 1. The molecule has 0 bridgehead atoms. The van der Waals surface area contributed by atoms with Crippen LogP contribution in [0.25, 0.3) is 0 Å². The molecule has 2 aliphatic heterocycles. The van der Waals surface area contributed by atoms with Gasteiger partial charge in [0.25, 0.3) is 0 Å². The molecule has 2 saturated heterocycles. The van der Waals surface area contributed by atoms with Gasteiger partial charge in [0.2, 0.25) is 11.9 Å². The Hall–Kier alpha value is -2.57. The summed E-state index contributed by atoms with van der Waals surface area (Å²) < 4.78 is 20.5. The summed E-state index contributed by atoms with van der Waals surface area (Å²) in [6.45, 7) is 2.86. The van der Waals surface area contributed by atoms with E-state index in [0.29, 0.717) is 60.7 Å². The van der Waals surface area contributed by atoms with Crippen molar-refractivity contribution in [3.63, 3.8) is 0 Å². The van der Waals surface area contributed by atoms with Gasteiger partial charge in [0.1, 0.15) is 23.8 Å². The van der Waals surface area contributed by atoms with E-state index < -0.39 is 30.7 Å². The number of nitrogens with zero attached hydrogens (tertiary/aromatic N) is 4. The summed E-state index contributed by atoms with van der Waals surface area (Å²) in [5.74, 6) is 1.48. The van der Waals surface area contributed by atoms with E-state index in [4.69, 9.17) is 21.4 Å². The first-order chi connectivity index (χ1) is 20.2. The predicted octanol–water partition coefficient (Wildman–Crippen LogP) is 2.59. The number of hydrogen-bond acceptors (Lipinski definition) is 9. The molecule has 1 aromatic carbocycles. The van der Waals surface area contributed by atoms with Gasteiger partial charge < -0.3 is 35.0 Å². The van der Waals surface area contributed by atoms with Crippen LogP contribution in [0.2, 0.25) is 5.02 Å². The Morgan fingerprint density at radius 2 is 1.74 bits per heavy atom. The Kier molecular flexibility index (Phi) is 12.1. The minimum absolute atomic E-state index is 0.0114. The van der Waals surface area contributed by atoms with Gasteiger partial charge in [-0.2, -0.15) is 0 Å². The fourth-order valence-corrected chi connectivity index (χ4v) is 5.69. The Morgan fingerprint density at radius 1 is 1.05 bits per heavy atom. The third kappa shape index (κ3) is 9.21. The molecule has 1 aromatic heterocycles. The summed E-state index contributed by atoms with van der Waals surface area (Å²) in [7, 11) is 0. The van der Waals surface area contributed by atoms with Crippen molar-refractivity contribution in [3.8, 4) is 5.75 Å². The van der Waals surface area contributed by atoms with Crippen LogP contribution in [0.4, 0.5) is 10.3 Å². The molecule has 0 spiro atoms. The Bertz CT molecular complexity index is 1130. The van der Waals surface area contributed by atoms with Crippen molar-refractivity contribution in [2.45, 2.75) is 69.7 Å². The fraction of sp³-hybridized carbons (Fsp3) is 0.633. The van der Waals surface area contributed by atoms with Crippen LogP contribution in [0.1, 0.15) is 50.5 Å². The summed E-state index contributed by atoms with van der Waals surface area (Å²) in [4.78, 5) is 25.1. The predicted molar refractivity (Wildman–Crippen MR) is 156 cm³/mol. The zero-order valence-electron chi connectivity index (χ0n) is 23.8. The summed E-state index contributed by atoms with van der Waals surface area (Å²) in [6, 6.07) is 4.67. The monoisotopic (exact) mass is 608 g/mol. The van der Waals surface area contributed by atoms with Crippen molar-refractivity contribution in [3.05, 3.63) is 47.0 Å². The van der Waals surface area contributed by atoms with E-state index in [0.717, 1.165) is 45.2 Å². The number of benzene rings is 1. The molecule has 232 valence electrons. The summed E-state index contributed by atoms with van der Waals surface area (Å²) in [5.41, 5.74) is 0.340. The summed E-state index contributed by atoms with van der Waals surface area (Å²) in [5, 5.41) is 38.4. The van der Waals surface area contributed by atoms with Crippen molar-refractivity contribution in [1.82, 2.24) is 14.9 Å². The van der Waals surface area contributed by atoms with Crippen molar-refractivity contribution in [2.24, 2.45) is 11.8 Å². The molecule has 0 aliphatic carbocycles. The van der Waals surface area contributed by atoms with Crippen LogP contribution < -0.4 is 9.64 Å². The molecule has 10 nitrogen and oxygen atoms in total. The SMILES string of the molecule is O=C(Cc1ccc(OCCCC2CCN(c3ncc(Cl)cn3)CC2)cc1F)N1CC(CCC[C@@H](O)[C@H](O)[C@H](O)CO)C1. The van der Waals surface area contributed by atoms with Crippen LogP contribution in [0, 0.1) is 17.7 Å². The number of aliphatic hydroxyl groups excluding tert-OH is 4. The number of hydrogen-bond donors (Lipinski definition) is 4. The molecule has 3 atom stereocenters. The van der Waals surface area contributed by atoms with Gasteiger partial charge in [-0.1, -0.05) is 24.1 Å². The standard InChI is InChI=1S/C30H42ClFN4O6/c31-23-15-33-30(34-16-23)35-10-8-20(9-11-35)4-2-12-42-24-7-6-22(25(32)14-24)13-28(40)36-17-21(18-36)3-1-5-26(38)29(41)27(39)19-37/h6-7,14-16,20-21,26-27,29,37-39,41H,1-5,8-13,17-19H2/t26-,27-,29+/m1/s1. The Labute approximate surface area is 251 Å². The van der Waals surface area contributed by atoms with Crippen molar-refractivity contribution in [1.29, 1.82) is 0 Å². The number of anilines is 1. The smallest absolute Gasteiger partial charge is 0.227 e. The van der Waals surface area contributed by atoms with Gasteiger partial charge in [0, 0.05) is 32.2 Å². The first kappa shape index (κ1) is 32.3. The lowest BCUT2D eigenvalue weighted by Crippen LogP contribution is -2.50. The first-order valence-corrected chi connectivity index (χ1v) is 15.2. The maximum absolute atomic E-state index is 14.7. The van der Waals surface area contributed by atoms with Gasteiger partial charge in [-0.3, -0.25) is 4.79 Å². The Balaban J connectivity index is 1.08. The second-order valence-corrected chi connectivity index (χ2v) is 11.9. The largest absolute Gasteiger partial charge is 0.493 e. The van der Waals surface area contributed by atoms with Crippen molar-refractivity contribution < 1.29 is 34.3 Å². The molecule has 0 unspecified atom stereocenters. The Morgan fingerprint density at radius 3 is 2.40 bits per heavy atom. The number of amides is 1. The highest BCUT2D eigenvalue weighted by Gasteiger charge is 2.31. The number of rotatable bonds is 15. The van der Waals surface area contributed by atoms with E-state index in [2.05, 4.69) is 14.9 Å². The summed E-state index contributed by atoms with van der Waals surface area (Å²) >= 11 is 5.87. The molecule has 4 N–H and O–H groups in total. The van der Waals surface area contributed by atoms with Gasteiger partial charge in [-0.05, 0) is 62.0 Å². The highest BCUT2D eigenvalue weighted by atomic mass is 35.5. The number of carbonyl (C=O) groups excluding carboxylic acids is 1. The lowest BCUT2D eigenvalue weighted by molar-refractivity contribution is -0.137. The third-order valence-electron chi connectivity index (χ3n) is 8.29. The molecule has 2 aromatic rings. The minimum atomic E-state index is -1.38. The van der Waals surface area contributed by atoms with Gasteiger partial charge in [0.15, 0.2) is 0 Å². The van der Waals surface area contributed by atoms with E-state index in [1.807, 2.05) is 0 Å². The van der Waals surface area contributed by atoms with E-state index in [9.17, 15) is 24.5 Å². The highest BCUT2D eigenvalue weighted by molar-refractivity contribution is 6.30. The normalized spacial score (nSPS) is 18.4. The van der Waals surface area contributed by atoms with Gasteiger partial charge in [-0.25, -0.2) is 14.4 Å². The maximum Gasteiger partial charge on any atom is 0.227 e. The third-order valence-corrected chi connectivity index (χ3v) is 8.49. The molecule has 2 aliphatic rings. The van der Waals surface area contributed by atoms with E-state index >= 15 is 0 Å². The number of piperidine rings is 1. The van der Waals surface area contributed by atoms with Crippen molar-refractivity contribution in [2.75, 3.05) is 44.3 Å². The first-order valence-electron chi connectivity index (χ1n) is 14.8. The number of halogens is 2. The lowest BCUT2D eigenvalue weighted by atomic mass is 9.91. The molecular weight excluding hydrogens is 567 g/mol. The second-order valence-electron chi connectivity index (χ2n) is 11.5. The molecule has 2 fully saturated rings. The molecule has 0 saturated carbocycles. The molecular formula is C30H42ClFN4O6. The topological polar surface area (TPSA) is 139 Å². The maximum atomic E-state index is 14.7. The van der Waals surface area contributed by atoms with Crippen LogP contribution in [0.15, 0.2) is 30.6 Å². The number of aliphatic hydroxyl groups is 4. The zero-order chi connectivity index (χ0) is 30.1. The number of aromatic nitrogens is 2. The van der Waals surface area contributed by atoms with E-state index in [1.54, 1.807) is 29.4 Å². The average molecular weight is 609 g/mol. The van der Waals surface area contributed by atoms with Crippen LogP contribution in [-0.4, -0.2) is 98.9 Å². The van der Waals surface area contributed by atoms with Gasteiger partial charge in [-0.15, -0.1) is 0 Å². The molecule has 0 radical (unpaired) electrons. The van der Waals surface area contributed by atoms with Crippen LogP contribution >= 0.6 is 11.6 Å². The molecule has 4 rings (SSSR count).